The van der Waals surface area contributed by atoms with Crippen LogP contribution >= 0.6 is 23.5 Å². The monoisotopic (exact) mass is 338 g/mol. The Morgan fingerprint density at radius 1 is 1.50 bits per heavy atom. The van der Waals surface area contributed by atoms with Gasteiger partial charge in [0.2, 0.25) is 5.12 Å². The van der Waals surface area contributed by atoms with E-state index in [-0.39, 0.29) is 16.5 Å². The van der Waals surface area contributed by atoms with Gasteiger partial charge in [0.25, 0.3) is 5.69 Å². The lowest BCUT2D eigenvalue weighted by Gasteiger charge is -2.04. The number of non-ortho nitro benzene ring substituents is 1. The summed E-state index contributed by atoms with van der Waals surface area (Å²) in [5.74, 6) is 1.35. The molecule has 0 aliphatic carbocycles. The van der Waals surface area contributed by atoms with Crippen molar-refractivity contribution in [2.75, 3.05) is 12.9 Å². The van der Waals surface area contributed by atoms with Crippen LogP contribution in [0.3, 0.4) is 0 Å². The Bertz CT molecular complexity index is 671. The number of nitro benzene ring substituents is 1. The summed E-state index contributed by atoms with van der Waals surface area (Å²) in [6.07, 6.45) is 2.52. The highest BCUT2D eigenvalue weighted by Gasteiger charge is 2.23. The van der Waals surface area contributed by atoms with Crippen LogP contribution in [-0.4, -0.2) is 27.3 Å². The fourth-order valence-electron chi connectivity index (χ4n) is 1.74. The normalized spacial score (nSPS) is 16.0. The van der Waals surface area contributed by atoms with Crippen LogP contribution in [-0.2, 0) is 4.79 Å². The molecule has 1 aromatic rings. The fourth-order valence-corrected chi connectivity index (χ4v) is 3.50. The van der Waals surface area contributed by atoms with E-state index in [1.807, 2.05) is 0 Å². The van der Waals surface area contributed by atoms with Gasteiger partial charge in [-0.2, -0.15) is 0 Å². The van der Waals surface area contributed by atoms with Crippen LogP contribution in [0.5, 0.6) is 5.75 Å². The molecule has 1 heterocycles. The number of carbonyl (C=O) groups is 1. The predicted molar refractivity (Wildman–Crippen MR) is 90.4 cm³/mol. The van der Waals surface area contributed by atoms with E-state index < -0.39 is 4.92 Å². The third-order valence-electron chi connectivity index (χ3n) is 2.75. The molecule has 0 unspecified atom stereocenters. The molecule has 0 saturated heterocycles. The summed E-state index contributed by atoms with van der Waals surface area (Å²) in [7, 11) is 1.47. The molecular formula is C14H14N2O4S2. The van der Waals surface area contributed by atoms with E-state index in [1.54, 1.807) is 0 Å². The van der Waals surface area contributed by atoms with Crippen LogP contribution in [0.1, 0.15) is 18.9 Å². The lowest BCUT2D eigenvalue weighted by atomic mass is 10.1. The van der Waals surface area contributed by atoms with Crippen LogP contribution in [0.2, 0.25) is 0 Å². The van der Waals surface area contributed by atoms with Gasteiger partial charge < -0.3 is 4.74 Å². The summed E-state index contributed by atoms with van der Waals surface area (Å²) in [6, 6.07) is 4.24. The first-order valence-electron chi connectivity index (χ1n) is 6.53. The van der Waals surface area contributed by atoms with Gasteiger partial charge >= 0.3 is 0 Å². The Kier molecular flexibility index (Phi) is 5.62. The lowest BCUT2D eigenvalue weighted by Crippen LogP contribution is -1.94. The number of ether oxygens (including phenoxy) is 1. The van der Waals surface area contributed by atoms with Crippen LogP contribution in [0.25, 0.3) is 6.08 Å². The Morgan fingerprint density at radius 3 is 2.91 bits per heavy atom. The summed E-state index contributed by atoms with van der Waals surface area (Å²) in [6.45, 7) is 2.06. The first-order valence-corrected chi connectivity index (χ1v) is 8.33. The Balaban J connectivity index is 2.35. The van der Waals surface area contributed by atoms with Crippen LogP contribution in [0, 0.1) is 10.1 Å². The molecule has 0 aromatic heterocycles. The highest BCUT2D eigenvalue weighted by Crippen LogP contribution is 2.33. The average Bonchev–Trinajstić information content (AvgIpc) is 2.85. The first-order chi connectivity index (χ1) is 10.5. The summed E-state index contributed by atoms with van der Waals surface area (Å²) < 4.78 is 5.89. The molecule has 0 spiro atoms. The number of hydrogen-bond donors (Lipinski definition) is 0. The minimum atomic E-state index is -0.488. The zero-order chi connectivity index (χ0) is 16.1. The molecule has 8 heteroatoms. The van der Waals surface area contributed by atoms with Crippen molar-refractivity contribution < 1.29 is 14.5 Å². The topological polar surface area (TPSA) is 81.8 Å². The second-order valence-corrected chi connectivity index (χ2v) is 6.63. The zero-order valence-corrected chi connectivity index (χ0v) is 13.7. The van der Waals surface area contributed by atoms with Gasteiger partial charge in [0, 0.05) is 17.7 Å². The molecule has 1 aromatic carbocycles. The molecule has 0 N–H and O–H groups in total. The maximum absolute atomic E-state index is 12.0. The van der Waals surface area contributed by atoms with E-state index in [0.717, 1.165) is 23.9 Å². The van der Waals surface area contributed by atoms with Crippen molar-refractivity contribution in [3.05, 3.63) is 39.6 Å². The summed E-state index contributed by atoms with van der Waals surface area (Å²) >= 11 is 2.62. The molecule has 0 saturated carbocycles. The summed E-state index contributed by atoms with van der Waals surface area (Å²) in [5.41, 5.74) is 0.684. The minimum Gasteiger partial charge on any atom is -0.496 e. The molecule has 0 bridgehead atoms. The smallest absolute Gasteiger partial charge is 0.270 e. The molecule has 6 nitrogen and oxygen atoms in total. The predicted octanol–water partition coefficient (Wildman–Crippen LogP) is 3.72. The fraction of sp³-hybridized carbons (Fsp3) is 0.286. The molecule has 22 heavy (non-hydrogen) atoms. The third-order valence-corrected chi connectivity index (χ3v) is 4.96. The van der Waals surface area contributed by atoms with Crippen molar-refractivity contribution in [1.29, 1.82) is 0 Å². The number of rotatable bonds is 5. The zero-order valence-electron chi connectivity index (χ0n) is 12.1. The molecule has 1 aliphatic rings. The SMILES string of the molecule is CCCSC1=N/C(=C/c2cc([N+](=O)[O-])ccc2OC)C(=O)S1. The van der Waals surface area contributed by atoms with Crippen molar-refractivity contribution in [2.24, 2.45) is 4.99 Å². The molecule has 2 rings (SSSR count). The number of nitro groups is 1. The molecule has 1 aliphatic heterocycles. The van der Waals surface area contributed by atoms with Gasteiger partial charge in [-0.1, -0.05) is 18.7 Å². The van der Waals surface area contributed by atoms with E-state index in [0.29, 0.717) is 15.7 Å². The van der Waals surface area contributed by atoms with Crippen LogP contribution < -0.4 is 4.74 Å². The summed E-state index contributed by atoms with van der Waals surface area (Å²) in [4.78, 5) is 26.6. The van der Waals surface area contributed by atoms with Crippen molar-refractivity contribution in [3.63, 3.8) is 0 Å². The van der Waals surface area contributed by atoms with E-state index in [9.17, 15) is 14.9 Å². The number of nitrogens with zero attached hydrogens (tertiary/aromatic N) is 2. The molecule has 0 fully saturated rings. The molecular weight excluding hydrogens is 324 g/mol. The van der Waals surface area contributed by atoms with Crippen LogP contribution in [0.4, 0.5) is 5.69 Å². The standard InChI is InChI=1S/C14H14N2O4S2/c1-3-6-21-14-15-11(13(17)22-14)8-9-7-10(16(18)19)4-5-12(9)20-2/h4-5,7-8H,3,6H2,1-2H3/b11-8+. The molecule has 0 radical (unpaired) electrons. The number of benzene rings is 1. The second kappa shape index (κ2) is 7.46. The maximum Gasteiger partial charge on any atom is 0.270 e. The average molecular weight is 338 g/mol. The van der Waals surface area contributed by atoms with Crippen LogP contribution in [0.15, 0.2) is 28.9 Å². The first kappa shape index (κ1) is 16.6. The number of carbonyl (C=O) groups excluding carboxylic acids is 1. The van der Waals surface area contributed by atoms with Gasteiger partial charge in [-0.15, -0.1) is 0 Å². The van der Waals surface area contributed by atoms with Gasteiger partial charge in [-0.25, -0.2) is 4.99 Å². The van der Waals surface area contributed by atoms with Gasteiger partial charge in [-0.3, -0.25) is 14.9 Å². The lowest BCUT2D eigenvalue weighted by molar-refractivity contribution is -0.384. The molecule has 0 atom stereocenters. The second-order valence-electron chi connectivity index (χ2n) is 4.33. The Labute approximate surface area is 136 Å². The van der Waals surface area contributed by atoms with Crippen molar-refractivity contribution in [3.8, 4) is 5.75 Å². The Morgan fingerprint density at radius 2 is 2.27 bits per heavy atom. The largest absolute Gasteiger partial charge is 0.496 e. The third kappa shape index (κ3) is 3.89. The molecule has 0 amide bonds. The van der Waals surface area contributed by atoms with E-state index in [1.165, 1.54) is 43.1 Å². The van der Waals surface area contributed by atoms with E-state index in [4.69, 9.17) is 4.74 Å². The number of thioether (sulfide) groups is 2. The van der Waals surface area contributed by atoms with Crippen molar-refractivity contribution in [1.82, 2.24) is 0 Å². The van der Waals surface area contributed by atoms with Crippen molar-refractivity contribution in [2.45, 2.75) is 13.3 Å². The highest BCUT2D eigenvalue weighted by atomic mass is 32.2. The van der Waals surface area contributed by atoms with Gasteiger partial charge in [-0.05, 0) is 36.1 Å². The van der Waals surface area contributed by atoms with E-state index in [2.05, 4.69) is 11.9 Å². The van der Waals surface area contributed by atoms with Gasteiger partial charge in [0.15, 0.2) is 0 Å². The number of aliphatic imine (C=N–C) groups is 1. The highest BCUT2D eigenvalue weighted by molar-refractivity contribution is 8.45. The van der Waals surface area contributed by atoms with Gasteiger partial charge in [0.05, 0.1) is 12.0 Å². The molecule has 116 valence electrons. The van der Waals surface area contributed by atoms with E-state index >= 15 is 0 Å². The Hall–Kier alpha value is -1.80. The number of methoxy groups -OCH3 is 1. The minimum absolute atomic E-state index is 0.0599. The summed E-state index contributed by atoms with van der Waals surface area (Å²) in [5, 5.41) is 10.7. The number of hydrogen-bond acceptors (Lipinski definition) is 7. The van der Waals surface area contributed by atoms with Crippen molar-refractivity contribution >= 4 is 44.8 Å². The quantitative estimate of drug-likeness (QED) is 0.462. The van der Waals surface area contributed by atoms with Gasteiger partial charge in [0.1, 0.15) is 15.8 Å². The maximum atomic E-state index is 12.0.